The Hall–Kier alpha value is -2.98. The molecule has 0 saturated heterocycles. The zero-order chi connectivity index (χ0) is 22.8. The van der Waals surface area contributed by atoms with Crippen molar-refractivity contribution in [1.82, 2.24) is 9.29 Å². The SMILES string of the molecule is CC(=O)c1c(C)[nH]c(C(=O)O[C@@H](C)C(=O)Nc2cccc(S(=O)(=O)N(C)C)c2)c1C. The van der Waals surface area contributed by atoms with Crippen LogP contribution in [0.15, 0.2) is 29.2 Å². The Morgan fingerprint density at radius 3 is 2.33 bits per heavy atom. The summed E-state index contributed by atoms with van der Waals surface area (Å²) in [5, 5.41) is 2.54. The lowest BCUT2D eigenvalue weighted by molar-refractivity contribution is -0.123. The molecule has 0 aliphatic carbocycles. The van der Waals surface area contributed by atoms with Gasteiger partial charge in [0.05, 0.1) is 4.90 Å². The van der Waals surface area contributed by atoms with Gasteiger partial charge in [-0.1, -0.05) is 6.07 Å². The molecule has 0 unspecified atom stereocenters. The van der Waals surface area contributed by atoms with Crippen molar-refractivity contribution in [3.63, 3.8) is 0 Å². The number of ketones is 1. The third-order valence-electron chi connectivity index (χ3n) is 4.53. The zero-order valence-electron chi connectivity index (χ0n) is 17.7. The number of nitrogens with zero attached hydrogens (tertiary/aromatic N) is 1. The molecule has 1 heterocycles. The van der Waals surface area contributed by atoms with Crippen LogP contribution in [0.3, 0.4) is 0 Å². The normalized spacial score (nSPS) is 12.5. The summed E-state index contributed by atoms with van der Waals surface area (Å²) >= 11 is 0. The molecule has 0 saturated carbocycles. The van der Waals surface area contributed by atoms with Crippen LogP contribution in [0.5, 0.6) is 0 Å². The number of amides is 1. The third kappa shape index (κ3) is 4.77. The molecular weight excluding hydrogens is 410 g/mol. The maximum atomic E-state index is 12.5. The van der Waals surface area contributed by atoms with Gasteiger partial charge in [0.1, 0.15) is 5.69 Å². The first-order valence-electron chi connectivity index (χ1n) is 9.10. The summed E-state index contributed by atoms with van der Waals surface area (Å²) in [5.41, 5.74) is 1.77. The molecule has 1 atom stereocenters. The van der Waals surface area contributed by atoms with Crippen molar-refractivity contribution in [3.8, 4) is 0 Å². The van der Waals surface area contributed by atoms with Crippen molar-refractivity contribution in [3.05, 3.63) is 46.8 Å². The van der Waals surface area contributed by atoms with E-state index in [4.69, 9.17) is 4.74 Å². The van der Waals surface area contributed by atoms with E-state index in [0.717, 1.165) is 4.31 Å². The molecule has 0 spiro atoms. The summed E-state index contributed by atoms with van der Waals surface area (Å²) in [6.45, 7) is 6.09. The highest BCUT2D eigenvalue weighted by Crippen LogP contribution is 2.21. The first-order chi connectivity index (χ1) is 13.9. The van der Waals surface area contributed by atoms with Crippen molar-refractivity contribution in [1.29, 1.82) is 0 Å². The lowest BCUT2D eigenvalue weighted by Crippen LogP contribution is -2.30. The van der Waals surface area contributed by atoms with Gasteiger partial charge in [-0.2, -0.15) is 0 Å². The lowest BCUT2D eigenvalue weighted by Gasteiger charge is -2.15. The number of sulfonamides is 1. The Morgan fingerprint density at radius 2 is 1.80 bits per heavy atom. The fourth-order valence-corrected chi connectivity index (χ4v) is 3.89. The van der Waals surface area contributed by atoms with Gasteiger partial charge in [-0.25, -0.2) is 17.5 Å². The second-order valence-corrected chi connectivity index (χ2v) is 9.19. The van der Waals surface area contributed by atoms with E-state index in [0.29, 0.717) is 16.8 Å². The van der Waals surface area contributed by atoms with Gasteiger partial charge in [-0.3, -0.25) is 9.59 Å². The minimum Gasteiger partial charge on any atom is -0.448 e. The Balaban J connectivity index is 2.13. The van der Waals surface area contributed by atoms with Crippen LogP contribution in [0.4, 0.5) is 5.69 Å². The largest absolute Gasteiger partial charge is 0.448 e. The molecule has 0 bridgehead atoms. The number of aromatic nitrogens is 1. The summed E-state index contributed by atoms with van der Waals surface area (Å²) in [5.74, 6) is -1.58. The quantitative estimate of drug-likeness (QED) is 0.508. The van der Waals surface area contributed by atoms with Crippen LogP contribution >= 0.6 is 0 Å². The Bertz CT molecular complexity index is 1100. The van der Waals surface area contributed by atoms with Gasteiger partial charge >= 0.3 is 5.97 Å². The summed E-state index contributed by atoms with van der Waals surface area (Å²) in [4.78, 5) is 39.4. The van der Waals surface area contributed by atoms with Crippen LogP contribution in [-0.2, 0) is 19.6 Å². The highest BCUT2D eigenvalue weighted by Gasteiger charge is 2.25. The summed E-state index contributed by atoms with van der Waals surface area (Å²) < 4.78 is 30.7. The van der Waals surface area contributed by atoms with Gasteiger partial charge < -0.3 is 15.0 Å². The smallest absolute Gasteiger partial charge is 0.355 e. The summed E-state index contributed by atoms with van der Waals surface area (Å²) in [7, 11) is -0.846. The van der Waals surface area contributed by atoms with E-state index >= 15 is 0 Å². The maximum absolute atomic E-state index is 12.5. The number of aromatic amines is 1. The Kier molecular flexibility index (Phi) is 6.84. The lowest BCUT2D eigenvalue weighted by atomic mass is 10.1. The van der Waals surface area contributed by atoms with Crippen LogP contribution in [0.25, 0.3) is 0 Å². The average molecular weight is 436 g/mol. The van der Waals surface area contributed by atoms with Crippen LogP contribution < -0.4 is 5.32 Å². The second kappa shape index (κ2) is 8.80. The number of carbonyl (C=O) groups excluding carboxylic acids is 3. The number of H-pyrrole nitrogens is 1. The number of ether oxygens (including phenoxy) is 1. The Morgan fingerprint density at radius 1 is 1.17 bits per heavy atom. The number of Topliss-reactive ketones (excluding diaryl/α,β-unsaturated/α-hetero) is 1. The van der Waals surface area contributed by atoms with Gasteiger partial charge in [-0.05, 0) is 51.5 Å². The van der Waals surface area contributed by atoms with Gasteiger partial charge in [0, 0.05) is 31.0 Å². The molecule has 30 heavy (non-hydrogen) atoms. The molecule has 2 aromatic rings. The fourth-order valence-electron chi connectivity index (χ4n) is 2.94. The number of anilines is 1. The molecule has 0 aliphatic heterocycles. The van der Waals surface area contributed by atoms with Crippen LogP contribution in [0.1, 0.15) is 46.0 Å². The van der Waals surface area contributed by atoms with E-state index in [-0.39, 0.29) is 22.1 Å². The van der Waals surface area contributed by atoms with Crippen LogP contribution in [0, 0.1) is 13.8 Å². The van der Waals surface area contributed by atoms with Crippen LogP contribution in [-0.4, -0.2) is 55.6 Å². The molecule has 162 valence electrons. The van der Waals surface area contributed by atoms with Gasteiger partial charge in [0.25, 0.3) is 5.91 Å². The number of benzene rings is 1. The molecule has 9 nitrogen and oxygen atoms in total. The minimum atomic E-state index is -3.66. The summed E-state index contributed by atoms with van der Waals surface area (Å²) in [6, 6.07) is 5.76. The molecular formula is C20H25N3O6S. The fraction of sp³-hybridized carbons (Fsp3) is 0.350. The van der Waals surface area contributed by atoms with Gasteiger partial charge in [-0.15, -0.1) is 0 Å². The highest BCUT2D eigenvalue weighted by molar-refractivity contribution is 7.89. The van der Waals surface area contributed by atoms with E-state index in [9.17, 15) is 22.8 Å². The number of esters is 1. The number of nitrogens with one attached hydrogen (secondary N) is 2. The van der Waals surface area contributed by atoms with Crippen LogP contribution in [0.2, 0.25) is 0 Å². The first kappa shape index (κ1) is 23.3. The highest BCUT2D eigenvalue weighted by atomic mass is 32.2. The molecule has 0 fully saturated rings. The molecule has 1 amide bonds. The average Bonchev–Trinajstić information content (AvgIpc) is 2.96. The molecule has 2 rings (SSSR count). The van der Waals surface area contributed by atoms with Gasteiger partial charge in [0.2, 0.25) is 10.0 Å². The van der Waals surface area contributed by atoms with Gasteiger partial charge in [0.15, 0.2) is 11.9 Å². The standard InChI is InChI=1S/C20H25N3O6S/c1-11-17(13(3)24)12(2)21-18(11)20(26)29-14(4)19(25)22-15-8-7-9-16(10-15)30(27,28)23(5)6/h7-10,14,21H,1-6H3,(H,22,25)/t14-/m0/s1. The minimum absolute atomic E-state index is 0.0178. The maximum Gasteiger partial charge on any atom is 0.355 e. The molecule has 0 radical (unpaired) electrons. The molecule has 10 heteroatoms. The number of carbonyl (C=O) groups is 3. The molecule has 1 aromatic heterocycles. The number of rotatable bonds is 7. The van der Waals surface area contributed by atoms with Crippen molar-refractivity contribution in [2.45, 2.75) is 38.7 Å². The topological polar surface area (TPSA) is 126 Å². The van der Waals surface area contributed by atoms with E-state index in [2.05, 4.69) is 10.3 Å². The Labute approximate surface area is 175 Å². The molecule has 1 aromatic carbocycles. The van der Waals surface area contributed by atoms with Crippen molar-refractivity contribution < 1.29 is 27.5 Å². The second-order valence-electron chi connectivity index (χ2n) is 7.03. The van der Waals surface area contributed by atoms with Crippen molar-refractivity contribution in [2.24, 2.45) is 0 Å². The zero-order valence-corrected chi connectivity index (χ0v) is 18.5. The predicted molar refractivity (Wildman–Crippen MR) is 111 cm³/mol. The third-order valence-corrected chi connectivity index (χ3v) is 6.34. The molecule has 0 aliphatic rings. The number of hydrogen-bond acceptors (Lipinski definition) is 6. The number of aryl methyl sites for hydroxylation is 1. The first-order valence-corrected chi connectivity index (χ1v) is 10.5. The van der Waals surface area contributed by atoms with E-state index in [1.54, 1.807) is 13.8 Å². The van der Waals surface area contributed by atoms with E-state index in [1.807, 2.05) is 0 Å². The monoisotopic (exact) mass is 435 g/mol. The number of hydrogen-bond donors (Lipinski definition) is 2. The van der Waals surface area contributed by atoms with E-state index < -0.39 is 28.0 Å². The molecule has 2 N–H and O–H groups in total. The van der Waals surface area contributed by atoms with E-state index in [1.165, 1.54) is 52.2 Å². The van der Waals surface area contributed by atoms with Crippen molar-refractivity contribution >= 4 is 33.4 Å². The predicted octanol–water partition coefficient (Wildman–Crippen LogP) is 2.27. The van der Waals surface area contributed by atoms with Crippen molar-refractivity contribution in [2.75, 3.05) is 19.4 Å². The summed E-state index contributed by atoms with van der Waals surface area (Å²) in [6.07, 6.45) is -1.16.